The molecule has 1 heterocycles. The van der Waals surface area contributed by atoms with E-state index in [1.807, 2.05) is 13.8 Å². The van der Waals surface area contributed by atoms with E-state index in [4.69, 9.17) is 5.11 Å². The highest BCUT2D eigenvalue weighted by Crippen LogP contribution is 2.08. The minimum atomic E-state index is 0.184. The van der Waals surface area contributed by atoms with E-state index in [1.54, 1.807) is 0 Å². The fourth-order valence-corrected chi connectivity index (χ4v) is 1.42. The first-order chi connectivity index (χ1) is 6.69. The summed E-state index contributed by atoms with van der Waals surface area (Å²) in [5.74, 6) is 0. The van der Waals surface area contributed by atoms with Gasteiger partial charge in [-0.2, -0.15) is 5.10 Å². The minimum Gasteiger partial charge on any atom is -0.395 e. The van der Waals surface area contributed by atoms with Gasteiger partial charge in [-0.15, -0.1) is 0 Å². The maximum absolute atomic E-state index is 9.01. The second-order valence-corrected chi connectivity index (χ2v) is 3.58. The molecule has 0 spiro atoms. The monoisotopic (exact) mass is 197 g/mol. The second kappa shape index (κ2) is 5.12. The molecule has 0 fully saturated rings. The summed E-state index contributed by atoms with van der Waals surface area (Å²) in [6.45, 7) is 7.01. The molecule has 0 aliphatic carbocycles. The summed E-state index contributed by atoms with van der Waals surface area (Å²) in [5, 5.41) is 19.4. The van der Waals surface area contributed by atoms with Crippen molar-refractivity contribution < 1.29 is 5.11 Å². The summed E-state index contributed by atoms with van der Waals surface area (Å²) in [4.78, 5) is 0. The normalized spacial score (nSPS) is 13.1. The molecule has 80 valence electrons. The van der Waals surface area contributed by atoms with E-state index >= 15 is 0 Å². The van der Waals surface area contributed by atoms with Gasteiger partial charge >= 0.3 is 0 Å². The van der Waals surface area contributed by atoms with E-state index in [2.05, 4.69) is 22.4 Å². The van der Waals surface area contributed by atoms with Crippen molar-refractivity contribution in [2.24, 2.45) is 0 Å². The number of aryl methyl sites for hydroxylation is 2. The molecule has 0 aromatic carbocycles. The van der Waals surface area contributed by atoms with E-state index < -0.39 is 0 Å². The highest BCUT2D eigenvalue weighted by Gasteiger charge is 2.08. The van der Waals surface area contributed by atoms with Gasteiger partial charge in [0.25, 0.3) is 0 Å². The molecule has 1 rings (SSSR count). The van der Waals surface area contributed by atoms with E-state index in [-0.39, 0.29) is 12.6 Å². The minimum absolute atomic E-state index is 0.184. The maximum atomic E-state index is 9.01. The smallest absolute Gasteiger partial charge is 0.0638 e. The summed E-state index contributed by atoms with van der Waals surface area (Å²) >= 11 is 0. The Morgan fingerprint density at radius 3 is 2.64 bits per heavy atom. The number of rotatable bonds is 5. The number of hydrogen-bond acceptors (Lipinski definition) is 3. The lowest BCUT2D eigenvalue weighted by molar-refractivity contribution is 0.238. The van der Waals surface area contributed by atoms with Crippen molar-refractivity contribution in [2.75, 3.05) is 6.61 Å². The van der Waals surface area contributed by atoms with Crippen LogP contribution in [0.4, 0.5) is 0 Å². The molecule has 0 bridgehead atoms. The number of aromatic amines is 1. The number of nitrogens with one attached hydrogen (secondary N) is 2. The van der Waals surface area contributed by atoms with Crippen LogP contribution in [-0.4, -0.2) is 28.0 Å². The van der Waals surface area contributed by atoms with Crippen molar-refractivity contribution >= 4 is 0 Å². The summed E-state index contributed by atoms with van der Waals surface area (Å²) in [6, 6.07) is 0.184. The molecule has 1 atom stereocenters. The molecule has 0 saturated heterocycles. The van der Waals surface area contributed by atoms with E-state index in [1.165, 1.54) is 5.56 Å². The third-order valence-electron chi connectivity index (χ3n) is 2.56. The Balaban J connectivity index is 2.52. The van der Waals surface area contributed by atoms with Crippen LogP contribution >= 0.6 is 0 Å². The lowest BCUT2D eigenvalue weighted by Crippen LogP contribution is -2.31. The molecule has 0 saturated carbocycles. The number of nitrogens with zero attached hydrogens (tertiary/aromatic N) is 1. The van der Waals surface area contributed by atoms with Crippen molar-refractivity contribution in [2.45, 2.75) is 39.8 Å². The maximum Gasteiger partial charge on any atom is 0.0638 e. The molecule has 14 heavy (non-hydrogen) atoms. The van der Waals surface area contributed by atoms with Gasteiger partial charge in [0.1, 0.15) is 0 Å². The quantitative estimate of drug-likeness (QED) is 0.657. The number of aliphatic hydroxyl groups is 1. The molecule has 1 aromatic rings. The van der Waals surface area contributed by atoms with Crippen LogP contribution in [-0.2, 0) is 6.54 Å². The van der Waals surface area contributed by atoms with Gasteiger partial charge in [-0.05, 0) is 20.3 Å². The van der Waals surface area contributed by atoms with Crippen LogP contribution in [0.3, 0.4) is 0 Å². The third-order valence-corrected chi connectivity index (χ3v) is 2.56. The molecule has 4 nitrogen and oxygen atoms in total. The van der Waals surface area contributed by atoms with Crippen LogP contribution in [0.15, 0.2) is 0 Å². The fourth-order valence-electron chi connectivity index (χ4n) is 1.42. The predicted octanol–water partition coefficient (Wildman–Crippen LogP) is 0.887. The van der Waals surface area contributed by atoms with E-state index in [0.29, 0.717) is 0 Å². The van der Waals surface area contributed by atoms with Gasteiger partial charge in [0.05, 0.1) is 12.3 Å². The van der Waals surface area contributed by atoms with Crippen molar-refractivity contribution in [1.82, 2.24) is 15.5 Å². The molecule has 0 radical (unpaired) electrons. The SMILES string of the molecule is CC[C@@H](CO)NCc1c(C)n[nH]c1C. The Hall–Kier alpha value is -0.870. The van der Waals surface area contributed by atoms with Gasteiger partial charge in [0.15, 0.2) is 0 Å². The first-order valence-electron chi connectivity index (χ1n) is 5.03. The Morgan fingerprint density at radius 1 is 1.50 bits per heavy atom. The van der Waals surface area contributed by atoms with E-state index in [0.717, 1.165) is 24.4 Å². The first kappa shape index (κ1) is 11.2. The third kappa shape index (κ3) is 2.56. The van der Waals surface area contributed by atoms with Gasteiger partial charge in [0.2, 0.25) is 0 Å². The van der Waals surface area contributed by atoms with Crippen LogP contribution < -0.4 is 5.32 Å². The van der Waals surface area contributed by atoms with E-state index in [9.17, 15) is 0 Å². The highest BCUT2D eigenvalue weighted by atomic mass is 16.3. The zero-order chi connectivity index (χ0) is 10.6. The van der Waals surface area contributed by atoms with Crippen LogP contribution in [0.2, 0.25) is 0 Å². The molecular weight excluding hydrogens is 178 g/mol. The van der Waals surface area contributed by atoms with Crippen molar-refractivity contribution in [1.29, 1.82) is 0 Å². The summed E-state index contributed by atoms with van der Waals surface area (Å²) in [5.41, 5.74) is 3.34. The Labute approximate surface area is 84.7 Å². The molecule has 1 aromatic heterocycles. The van der Waals surface area contributed by atoms with Crippen molar-refractivity contribution in [3.63, 3.8) is 0 Å². The molecule has 0 aliphatic rings. The topological polar surface area (TPSA) is 60.9 Å². The van der Waals surface area contributed by atoms with Crippen molar-refractivity contribution in [3.8, 4) is 0 Å². The van der Waals surface area contributed by atoms with Crippen molar-refractivity contribution in [3.05, 3.63) is 17.0 Å². The lowest BCUT2D eigenvalue weighted by Gasteiger charge is -2.13. The number of aliphatic hydroxyl groups excluding tert-OH is 1. The first-order valence-corrected chi connectivity index (χ1v) is 5.03. The Kier molecular flexibility index (Phi) is 4.10. The average Bonchev–Trinajstić information content (AvgIpc) is 2.50. The molecule has 4 heteroatoms. The zero-order valence-electron chi connectivity index (χ0n) is 9.09. The second-order valence-electron chi connectivity index (χ2n) is 3.58. The van der Waals surface area contributed by atoms with Gasteiger partial charge in [-0.1, -0.05) is 6.92 Å². The summed E-state index contributed by atoms with van der Waals surface area (Å²) in [7, 11) is 0. The van der Waals surface area contributed by atoms with Gasteiger partial charge in [0, 0.05) is 23.8 Å². The Morgan fingerprint density at radius 2 is 2.21 bits per heavy atom. The molecule has 3 N–H and O–H groups in total. The van der Waals surface area contributed by atoms with Gasteiger partial charge < -0.3 is 10.4 Å². The number of hydrogen-bond donors (Lipinski definition) is 3. The lowest BCUT2D eigenvalue weighted by atomic mass is 10.1. The van der Waals surface area contributed by atoms with Crippen LogP contribution in [0.5, 0.6) is 0 Å². The zero-order valence-corrected chi connectivity index (χ0v) is 9.09. The molecule has 0 amide bonds. The fraction of sp³-hybridized carbons (Fsp3) is 0.700. The average molecular weight is 197 g/mol. The van der Waals surface area contributed by atoms with Gasteiger partial charge in [-0.3, -0.25) is 5.10 Å². The molecule has 0 aliphatic heterocycles. The summed E-state index contributed by atoms with van der Waals surface area (Å²) in [6.07, 6.45) is 0.937. The number of aromatic nitrogens is 2. The predicted molar refractivity (Wildman–Crippen MR) is 56.1 cm³/mol. The molecular formula is C10H19N3O. The highest BCUT2D eigenvalue weighted by molar-refractivity contribution is 5.22. The van der Waals surface area contributed by atoms with Crippen LogP contribution in [0.1, 0.15) is 30.3 Å². The standard InChI is InChI=1S/C10H19N3O/c1-4-9(6-14)11-5-10-7(2)12-13-8(10)3/h9,11,14H,4-6H2,1-3H3,(H,12,13)/t9-/m0/s1. The molecule has 0 unspecified atom stereocenters. The Bertz CT molecular complexity index is 259. The summed E-state index contributed by atoms with van der Waals surface area (Å²) < 4.78 is 0. The number of H-pyrrole nitrogens is 1. The van der Waals surface area contributed by atoms with Gasteiger partial charge in [-0.25, -0.2) is 0 Å². The van der Waals surface area contributed by atoms with Crippen LogP contribution in [0, 0.1) is 13.8 Å². The van der Waals surface area contributed by atoms with Crippen LogP contribution in [0.25, 0.3) is 0 Å². The largest absolute Gasteiger partial charge is 0.395 e.